The first-order valence-corrected chi connectivity index (χ1v) is 7.50. The molecule has 3 nitrogen and oxygen atoms in total. The minimum absolute atomic E-state index is 0.0491. The van der Waals surface area contributed by atoms with E-state index < -0.39 is 0 Å². The molecule has 1 aliphatic carbocycles. The number of hydrogen-bond donors (Lipinski definition) is 0. The van der Waals surface area contributed by atoms with E-state index in [1.165, 1.54) is 11.3 Å². The van der Waals surface area contributed by atoms with Gasteiger partial charge < -0.3 is 4.90 Å². The van der Waals surface area contributed by atoms with Gasteiger partial charge in [0.2, 0.25) is 0 Å². The smallest absolute Gasteiger partial charge is 0.156 e. The van der Waals surface area contributed by atoms with Crippen LogP contribution in [0, 0.1) is 0 Å². The Kier molecular flexibility index (Phi) is 3.93. The fraction of sp³-hybridized carbons (Fsp3) is 0.294. The molecule has 2 heterocycles. The van der Waals surface area contributed by atoms with Crippen LogP contribution in [-0.2, 0) is 0 Å². The summed E-state index contributed by atoms with van der Waals surface area (Å²) >= 11 is 6.35. The zero-order chi connectivity index (χ0) is 14.8. The van der Waals surface area contributed by atoms with Crippen molar-refractivity contribution in [2.45, 2.75) is 25.8 Å². The van der Waals surface area contributed by atoms with Gasteiger partial charge in [-0.1, -0.05) is 53.6 Å². The number of hydrogen-bond acceptors (Lipinski definition) is 3. The van der Waals surface area contributed by atoms with Crippen molar-refractivity contribution in [1.29, 1.82) is 0 Å². The first kappa shape index (κ1) is 14.1. The van der Waals surface area contributed by atoms with Crippen LogP contribution in [0.1, 0.15) is 19.8 Å². The molecule has 0 spiro atoms. The van der Waals surface area contributed by atoms with Crippen molar-refractivity contribution in [3.8, 4) is 0 Å². The van der Waals surface area contributed by atoms with Gasteiger partial charge in [0.05, 0.1) is 5.03 Å². The molecule has 3 rings (SSSR count). The second-order valence-corrected chi connectivity index (χ2v) is 5.69. The van der Waals surface area contributed by atoms with Crippen molar-refractivity contribution in [2.24, 2.45) is 9.98 Å². The van der Waals surface area contributed by atoms with Crippen LogP contribution >= 0.6 is 11.6 Å². The van der Waals surface area contributed by atoms with Gasteiger partial charge in [-0.15, -0.1) is 0 Å². The maximum atomic E-state index is 6.35. The van der Waals surface area contributed by atoms with E-state index in [9.17, 15) is 0 Å². The van der Waals surface area contributed by atoms with Crippen molar-refractivity contribution in [3.05, 3.63) is 59.0 Å². The topological polar surface area (TPSA) is 28.0 Å². The lowest BCUT2D eigenvalue weighted by Gasteiger charge is -2.19. The summed E-state index contributed by atoms with van der Waals surface area (Å²) in [5.41, 5.74) is 3.20. The third kappa shape index (κ3) is 2.79. The lowest BCUT2D eigenvalue weighted by Crippen LogP contribution is -2.29. The maximum Gasteiger partial charge on any atom is 0.156 e. The number of halogens is 1. The predicted molar refractivity (Wildman–Crippen MR) is 89.7 cm³/mol. The molecule has 2 aliphatic heterocycles. The predicted octanol–water partition coefficient (Wildman–Crippen LogP) is 3.97. The van der Waals surface area contributed by atoms with Crippen LogP contribution in [0.4, 0.5) is 0 Å². The number of fused-ring (bicyclic) bond motifs is 1. The number of likely N-dealkylation sites (N-methyl/N-ethyl adjacent to an activating group) is 1. The van der Waals surface area contributed by atoms with Gasteiger partial charge in [0.25, 0.3) is 0 Å². The molecule has 0 N–H and O–H groups in total. The van der Waals surface area contributed by atoms with Crippen LogP contribution in [0.3, 0.4) is 0 Å². The Labute approximate surface area is 130 Å². The van der Waals surface area contributed by atoms with E-state index in [1.807, 2.05) is 19.2 Å². The highest BCUT2D eigenvalue weighted by Crippen LogP contribution is 2.27. The molecule has 0 radical (unpaired) electrons. The van der Waals surface area contributed by atoms with Gasteiger partial charge in [-0.3, -0.25) is 9.98 Å². The van der Waals surface area contributed by atoms with E-state index in [0.29, 0.717) is 5.03 Å². The molecule has 0 aromatic heterocycles. The second-order valence-electron chi connectivity index (χ2n) is 5.28. The summed E-state index contributed by atoms with van der Waals surface area (Å²) in [6.07, 6.45) is 16.2. The van der Waals surface area contributed by atoms with E-state index in [0.717, 1.165) is 24.4 Å². The fourth-order valence-corrected chi connectivity index (χ4v) is 2.81. The lowest BCUT2D eigenvalue weighted by atomic mass is 10.1. The summed E-state index contributed by atoms with van der Waals surface area (Å²) < 4.78 is 0. The van der Waals surface area contributed by atoms with E-state index in [1.54, 1.807) is 6.20 Å². The highest BCUT2D eigenvalue weighted by atomic mass is 35.5. The summed E-state index contributed by atoms with van der Waals surface area (Å²) in [7, 11) is 2.03. The van der Waals surface area contributed by atoms with E-state index in [4.69, 9.17) is 16.6 Å². The van der Waals surface area contributed by atoms with Crippen LogP contribution in [0.5, 0.6) is 0 Å². The third-order valence-corrected chi connectivity index (χ3v) is 4.09. The number of aliphatic imine (C=N–C) groups is 2. The third-order valence-electron chi connectivity index (χ3n) is 3.76. The van der Waals surface area contributed by atoms with Gasteiger partial charge in [-0.2, -0.15) is 0 Å². The van der Waals surface area contributed by atoms with Crippen molar-refractivity contribution < 1.29 is 0 Å². The molecule has 0 aromatic carbocycles. The Bertz CT molecular complexity index is 660. The first-order valence-electron chi connectivity index (χ1n) is 7.12. The minimum atomic E-state index is 0.0491. The van der Waals surface area contributed by atoms with Gasteiger partial charge in [-0.05, 0) is 19.8 Å². The van der Waals surface area contributed by atoms with Crippen LogP contribution in [-0.4, -0.2) is 29.5 Å². The van der Waals surface area contributed by atoms with Crippen molar-refractivity contribution in [3.63, 3.8) is 0 Å². The molecule has 0 amide bonds. The van der Waals surface area contributed by atoms with Gasteiger partial charge in [0, 0.05) is 18.9 Å². The highest BCUT2D eigenvalue weighted by Gasteiger charge is 2.30. The molecular weight excluding hydrogens is 282 g/mol. The van der Waals surface area contributed by atoms with Gasteiger partial charge >= 0.3 is 0 Å². The monoisotopic (exact) mass is 299 g/mol. The molecule has 0 saturated heterocycles. The van der Waals surface area contributed by atoms with Crippen LogP contribution < -0.4 is 0 Å². The summed E-state index contributed by atoms with van der Waals surface area (Å²) in [6, 6.07) is 0.0491. The quantitative estimate of drug-likeness (QED) is 0.720. The average Bonchev–Trinajstić information content (AvgIpc) is 2.62. The number of rotatable bonds is 1. The number of amidine groups is 1. The molecule has 0 saturated carbocycles. The van der Waals surface area contributed by atoms with Crippen LogP contribution in [0.25, 0.3) is 0 Å². The molecule has 1 unspecified atom stereocenters. The van der Waals surface area contributed by atoms with Crippen molar-refractivity contribution in [2.75, 3.05) is 7.05 Å². The van der Waals surface area contributed by atoms with Gasteiger partial charge in [0.15, 0.2) is 5.84 Å². The van der Waals surface area contributed by atoms with Crippen molar-refractivity contribution >= 4 is 23.1 Å². The van der Waals surface area contributed by atoms with Crippen molar-refractivity contribution in [1.82, 2.24) is 4.90 Å². The molecule has 0 aromatic rings. The highest BCUT2D eigenvalue weighted by molar-refractivity contribution is 6.60. The Balaban J connectivity index is 1.99. The van der Waals surface area contributed by atoms with Crippen LogP contribution in [0.15, 0.2) is 68.9 Å². The van der Waals surface area contributed by atoms with E-state index >= 15 is 0 Å². The molecule has 108 valence electrons. The van der Waals surface area contributed by atoms with Gasteiger partial charge in [-0.25, -0.2) is 0 Å². The molecule has 21 heavy (non-hydrogen) atoms. The maximum absolute atomic E-state index is 6.35. The summed E-state index contributed by atoms with van der Waals surface area (Å²) in [5.74, 6) is 0.836. The van der Waals surface area contributed by atoms with Crippen LogP contribution in [0.2, 0.25) is 0 Å². The largest absolute Gasteiger partial charge is 0.329 e. The Morgan fingerprint density at radius 3 is 2.95 bits per heavy atom. The van der Waals surface area contributed by atoms with Gasteiger partial charge in [0.1, 0.15) is 11.8 Å². The lowest BCUT2D eigenvalue weighted by molar-refractivity contribution is 0.631. The SMILES string of the molecule is CC1=CC/C=C2\C(C=C1)N=C(C1=NC=CCC=C1Cl)N2C. The van der Waals surface area contributed by atoms with E-state index in [2.05, 4.69) is 41.1 Å². The Morgan fingerprint density at radius 2 is 2.10 bits per heavy atom. The molecule has 1 atom stereocenters. The Morgan fingerprint density at radius 1 is 1.24 bits per heavy atom. The standard InChI is InChI=1S/C17H18ClN3/c1-12-6-5-8-15-14(10-9-12)20-17(21(15)2)16-13(18)7-3-4-11-19-16/h4,6-11,14H,3,5H2,1-2H3/b10-9?,12-6?,15-8+. The molecule has 0 fully saturated rings. The second kappa shape index (κ2) is 5.86. The normalized spacial score (nSPS) is 27.5. The summed E-state index contributed by atoms with van der Waals surface area (Å²) in [4.78, 5) is 11.4. The summed E-state index contributed by atoms with van der Waals surface area (Å²) in [6.45, 7) is 2.11. The fourth-order valence-electron chi connectivity index (χ4n) is 2.58. The summed E-state index contributed by atoms with van der Waals surface area (Å²) in [5, 5.41) is 0.666. The number of nitrogens with zero attached hydrogens (tertiary/aromatic N) is 3. The molecule has 4 heteroatoms. The van der Waals surface area contributed by atoms with E-state index in [-0.39, 0.29) is 6.04 Å². The molecule has 3 aliphatic rings. The Hall–Kier alpha value is -1.87. The average molecular weight is 300 g/mol. The molecule has 0 bridgehead atoms. The zero-order valence-electron chi connectivity index (χ0n) is 12.3. The number of allylic oxidation sites excluding steroid dienone is 6. The zero-order valence-corrected chi connectivity index (χ0v) is 13.0. The first-order chi connectivity index (χ1) is 10.2. The minimum Gasteiger partial charge on any atom is -0.329 e. The molecular formula is C17H18ClN3.